The normalized spacial score (nSPS) is 27.8. The van der Waals surface area contributed by atoms with E-state index >= 15 is 0 Å². The maximum absolute atomic E-state index is 12.6. The highest BCUT2D eigenvalue weighted by Gasteiger charge is 2.42. The van der Waals surface area contributed by atoms with Crippen molar-refractivity contribution in [3.63, 3.8) is 0 Å². The molecule has 4 N–H and O–H groups in total. The van der Waals surface area contributed by atoms with Crippen LogP contribution in [0.5, 0.6) is 0 Å². The molecule has 4 rings (SSSR count). The smallest absolute Gasteiger partial charge is 0.256 e. The van der Waals surface area contributed by atoms with Crippen molar-refractivity contribution >= 4 is 22.9 Å². The van der Waals surface area contributed by atoms with Gasteiger partial charge in [0.25, 0.3) is 5.91 Å². The molecule has 25 heavy (non-hydrogen) atoms. The van der Waals surface area contributed by atoms with Gasteiger partial charge < -0.3 is 16.4 Å². The number of aromatic nitrogens is 2. The van der Waals surface area contributed by atoms with Crippen molar-refractivity contribution in [3.05, 3.63) is 33.3 Å². The summed E-state index contributed by atoms with van der Waals surface area (Å²) in [7, 11) is 1.85. The number of aryl methyl sites for hydroxylation is 3. The number of carbonyl (C=O) groups excluding carboxylic acids is 1. The van der Waals surface area contributed by atoms with E-state index in [0.29, 0.717) is 24.0 Å². The first-order valence-electron chi connectivity index (χ1n) is 8.84. The third-order valence-corrected chi connectivity index (χ3v) is 6.41. The van der Waals surface area contributed by atoms with Gasteiger partial charge in [-0.2, -0.15) is 5.10 Å². The Labute approximate surface area is 151 Å². The minimum absolute atomic E-state index is 0.0498. The van der Waals surface area contributed by atoms with Crippen LogP contribution in [0.1, 0.15) is 51.0 Å². The first-order valence-corrected chi connectivity index (χ1v) is 9.66. The first kappa shape index (κ1) is 16.8. The van der Waals surface area contributed by atoms with Crippen molar-refractivity contribution in [2.75, 3.05) is 5.32 Å². The van der Waals surface area contributed by atoms with Crippen LogP contribution in [0.4, 0.5) is 5.69 Å². The van der Waals surface area contributed by atoms with Crippen LogP contribution in [0.25, 0.3) is 0 Å². The van der Waals surface area contributed by atoms with E-state index in [1.165, 1.54) is 4.88 Å². The van der Waals surface area contributed by atoms with Crippen molar-refractivity contribution in [1.82, 2.24) is 15.1 Å². The van der Waals surface area contributed by atoms with E-state index < -0.39 is 0 Å². The summed E-state index contributed by atoms with van der Waals surface area (Å²) in [4.78, 5) is 15.0. The molecule has 0 spiro atoms. The molecular formula is C18H25N5OS. The van der Waals surface area contributed by atoms with E-state index in [1.54, 1.807) is 16.0 Å². The quantitative estimate of drug-likeness (QED) is 0.765. The molecule has 0 bridgehead atoms. The minimum Gasteiger partial charge on any atom is -0.328 e. The van der Waals surface area contributed by atoms with Crippen LogP contribution in [0.3, 0.4) is 0 Å². The monoisotopic (exact) mass is 359 g/mol. The zero-order valence-corrected chi connectivity index (χ0v) is 15.7. The molecule has 2 aliphatic carbocycles. The fourth-order valence-corrected chi connectivity index (χ4v) is 4.82. The van der Waals surface area contributed by atoms with Crippen molar-refractivity contribution in [2.24, 2.45) is 12.8 Å². The van der Waals surface area contributed by atoms with E-state index in [1.807, 2.05) is 27.1 Å². The molecule has 2 fully saturated rings. The van der Waals surface area contributed by atoms with E-state index in [-0.39, 0.29) is 5.91 Å². The third kappa shape index (κ3) is 3.36. The molecule has 2 atom stereocenters. The summed E-state index contributed by atoms with van der Waals surface area (Å²) in [5, 5.41) is 10.9. The molecule has 1 amide bonds. The molecule has 0 radical (unpaired) electrons. The summed E-state index contributed by atoms with van der Waals surface area (Å²) in [6.07, 6.45) is 5.17. The van der Waals surface area contributed by atoms with Gasteiger partial charge in [-0.1, -0.05) is 0 Å². The number of rotatable bonds is 5. The van der Waals surface area contributed by atoms with Crippen LogP contribution < -0.4 is 16.4 Å². The summed E-state index contributed by atoms with van der Waals surface area (Å²) in [6.45, 7) is 3.92. The van der Waals surface area contributed by atoms with Gasteiger partial charge in [-0.05, 0) is 39.2 Å². The summed E-state index contributed by atoms with van der Waals surface area (Å²) >= 11 is 1.74. The second-order valence-electron chi connectivity index (χ2n) is 7.42. The predicted molar refractivity (Wildman–Crippen MR) is 100 cm³/mol. The van der Waals surface area contributed by atoms with Crippen molar-refractivity contribution in [3.8, 4) is 0 Å². The van der Waals surface area contributed by atoms with Gasteiger partial charge in [-0.25, -0.2) is 0 Å². The van der Waals surface area contributed by atoms with Crippen LogP contribution in [0.2, 0.25) is 0 Å². The number of thiophene rings is 1. The summed E-state index contributed by atoms with van der Waals surface area (Å²) < 4.78 is 1.71. The SMILES string of the molecule is Cc1nn(C)cc1NC(=O)c1cc(C2CC2NC2CC(N)C2)sc1C. The molecule has 6 nitrogen and oxygen atoms in total. The number of amides is 1. The van der Waals surface area contributed by atoms with Gasteiger partial charge in [0.1, 0.15) is 0 Å². The fraction of sp³-hybridized carbons (Fsp3) is 0.556. The molecule has 2 saturated carbocycles. The Morgan fingerprint density at radius 3 is 2.76 bits per heavy atom. The fourth-order valence-electron chi connectivity index (χ4n) is 3.62. The van der Waals surface area contributed by atoms with Gasteiger partial charge in [-0.3, -0.25) is 9.48 Å². The standard InChI is InChI=1S/C18H25N5OS/c1-9-16(8-23(3)22-9)21-18(24)13-7-17(25-10(13)2)14-6-15(14)20-12-4-11(19)5-12/h7-8,11-12,14-15,20H,4-6,19H2,1-3H3,(H,21,24). The topological polar surface area (TPSA) is 85.0 Å². The molecule has 2 aromatic heterocycles. The highest BCUT2D eigenvalue weighted by Crippen LogP contribution is 2.45. The molecule has 2 aliphatic rings. The predicted octanol–water partition coefficient (Wildman–Crippen LogP) is 2.29. The van der Waals surface area contributed by atoms with Crippen LogP contribution in [-0.4, -0.2) is 33.8 Å². The van der Waals surface area contributed by atoms with Gasteiger partial charge >= 0.3 is 0 Å². The maximum Gasteiger partial charge on any atom is 0.256 e. The van der Waals surface area contributed by atoms with Crippen LogP contribution in [0, 0.1) is 13.8 Å². The van der Waals surface area contributed by atoms with Gasteiger partial charge in [0.2, 0.25) is 0 Å². The Bertz CT molecular complexity index is 804. The largest absolute Gasteiger partial charge is 0.328 e. The first-order chi connectivity index (χ1) is 11.9. The maximum atomic E-state index is 12.6. The Balaban J connectivity index is 1.40. The molecule has 2 unspecified atom stereocenters. The average Bonchev–Trinajstić information content (AvgIpc) is 3.06. The lowest BCUT2D eigenvalue weighted by Crippen LogP contribution is -2.49. The van der Waals surface area contributed by atoms with Gasteiger partial charge in [-0.15, -0.1) is 11.3 Å². The van der Waals surface area contributed by atoms with Crippen molar-refractivity contribution in [2.45, 2.75) is 57.2 Å². The highest BCUT2D eigenvalue weighted by atomic mass is 32.1. The van der Waals surface area contributed by atoms with Crippen molar-refractivity contribution < 1.29 is 4.79 Å². The van der Waals surface area contributed by atoms with E-state index in [2.05, 4.69) is 21.8 Å². The number of anilines is 1. The number of nitrogens with two attached hydrogens (primary N) is 1. The molecule has 0 saturated heterocycles. The lowest BCUT2D eigenvalue weighted by molar-refractivity contribution is 0.102. The van der Waals surface area contributed by atoms with E-state index in [0.717, 1.165) is 41.1 Å². The Kier molecular flexibility index (Phi) is 4.17. The average molecular weight is 359 g/mol. The Morgan fingerprint density at radius 1 is 1.36 bits per heavy atom. The van der Waals surface area contributed by atoms with Crippen LogP contribution >= 0.6 is 11.3 Å². The van der Waals surface area contributed by atoms with Crippen LogP contribution in [0.15, 0.2) is 12.3 Å². The minimum atomic E-state index is -0.0498. The number of carbonyl (C=O) groups is 1. The molecule has 7 heteroatoms. The second-order valence-corrected chi connectivity index (χ2v) is 8.71. The van der Waals surface area contributed by atoms with Gasteiger partial charge in [0, 0.05) is 47.0 Å². The number of nitrogens with one attached hydrogen (secondary N) is 2. The Hall–Kier alpha value is -1.70. The molecule has 134 valence electrons. The molecule has 0 aliphatic heterocycles. The molecule has 2 aromatic rings. The summed E-state index contributed by atoms with van der Waals surface area (Å²) in [6, 6.07) is 3.58. The number of hydrogen-bond donors (Lipinski definition) is 3. The molecule has 0 aromatic carbocycles. The van der Waals surface area contributed by atoms with Gasteiger partial charge in [0.05, 0.1) is 16.9 Å². The molecule has 2 heterocycles. The second kappa shape index (κ2) is 6.23. The lowest BCUT2D eigenvalue weighted by atomic mass is 9.87. The van der Waals surface area contributed by atoms with E-state index in [4.69, 9.17) is 5.73 Å². The zero-order chi connectivity index (χ0) is 17.7. The molecular weight excluding hydrogens is 334 g/mol. The lowest BCUT2D eigenvalue weighted by Gasteiger charge is -2.33. The highest BCUT2D eigenvalue weighted by molar-refractivity contribution is 7.12. The Morgan fingerprint density at radius 2 is 2.12 bits per heavy atom. The third-order valence-electron chi connectivity index (χ3n) is 5.22. The van der Waals surface area contributed by atoms with E-state index in [9.17, 15) is 4.79 Å². The summed E-state index contributed by atoms with van der Waals surface area (Å²) in [5.74, 6) is 0.494. The zero-order valence-electron chi connectivity index (χ0n) is 14.9. The number of hydrogen-bond acceptors (Lipinski definition) is 5. The van der Waals surface area contributed by atoms with Gasteiger partial charge in [0.15, 0.2) is 0 Å². The van der Waals surface area contributed by atoms with Crippen molar-refractivity contribution in [1.29, 1.82) is 0 Å². The summed E-state index contributed by atoms with van der Waals surface area (Å²) in [5.41, 5.74) is 8.23. The number of nitrogens with zero attached hydrogens (tertiary/aromatic N) is 2. The van der Waals surface area contributed by atoms with Crippen LogP contribution in [-0.2, 0) is 7.05 Å².